The molecule has 1 nitrogen and oxygen atoms in total. The van der Waals surface area contributed by atoms with Crippen LogP contribution in [0.1, 0.15) is 0 Å². The van der Waals surface area contributed by atoms with Crippen LogP contribution in [-0.2, 0) is 0 Å². The first-order chi connectivity index (χ1) is 15.8. The fourth-order valence-corrected chi connectivity index (χ4v) is 10.4. The number of rotatable bonds is 6. The van der Waals surface area contributed by atoms with E-state index < -0.39 is 8.07 Å². The fourth-order valence-electron chi connectivity index (χ4n) is 4.45. The van der Waals surface area contributed by atoms with E-state index in [1.807, 2.05) is 0 Å². The number of thiophene rings is 1. The maximum atomic E-state index is 4.98. The molecule has 0 radical (unpaired) electrons. The minimum atomic E-state index is -2.54. The van der Waals surface area contributed by atoms with E-state index in [-0.39, 0.29) is 0 Å². The SMILES string of the molecule is CSc1cc([Si](c2ccccc2)(c2ccccc2)c2ccccc2)cc(-c2ccsc2)n1. The quantitative estimate of drug-likeness (QED) is 0.201. The standard InChI is InChI=1S/C28H23NS2Si/c1-30-28-20-26(19-27(29-28)22-17-18-31-21-22)32(23-11-5-2-6-12-23,24-13-7-3-8-14-24)25-15-9-4-10-16-25/h2-21H,1H3. The highest BCUT2D eigenvalue weighted by atomic mass is 32.2. The van der Waals surface area contributed by atoms with Crippen molar-refractivity contribution < 1.29 is 0 Å². The molecule has 0 fully saturated rings. The van der Waals surface area contributed by atoms with Crippen LogP contribution in [0.25, 0.3) is 11.3 Å². The Morgan fingerprint density at radius 2 is 1.19 bits per heavy atom. The Morgan fingerprint density at radius 3 is 1.62 bits per heavy atom. The summed E-state index contributed by atoms with van der Waals surface area (Å²) in [5, 5.41) is 10.9. The molecule has 2 aromatic heterocycles. The van der Waals surface area contributed by atoms with Crippen molar-refractivity contribution in [2.24, 2.45) is 0 Å². The predicted octanol–water partition coefficient (Wildman–Crippen LogP) is 4.91. The molecule has 0 aliphatic carbocycles. The number of benzene rings is 3. The summed E-state index contributed by atoms with van der Waals surface area (Å²) in [6, 6.07) is 39.9. The van der Waals surface area contributed by atoms with E-state index in [0.29, 0.717) is 0 Å². The molecule has 5 aromatic rings. The van der Waals surface area contributed by atoms with Gasteiger partial charge in [0.15, 0.2) is 8.07 Å². The first kappa shape index (κ1) is 21.0. The summed E-state index contributed by atoms with van der Waals surface area (Å²) in [5.41, 5.74) is 2.23. The van der Waals surface area contributed by atoms with Crippen molar-refractivity contribution in [2.75, 3.05) is 6.26 Å². The fraction of sp³-hybridized carbons (Fsp3) is 0.0357. The molecule has 0 aliphatic heterocycles. The predicted molar refractivity (Wildman–Crippen MR) is 143 cm³/mol. The molecule has 0 bridgehead atoms. The number of thioether (sulfide) groups is 1. The number of hydrogen-bond donors (Lipinski definition) is 0. The van der Waals surface area contributed by atoms with Gasteiger partial charge in [-0.2, -0.15) is 11.3 Å². The van der Waals surface area contributed by atoms with Gasteiger partial charge in [-0.05, 0) is 50.6 Å². The van der Waals surface area contributed by atoms with Crippen molar-refractivity contribution in [2.45, 2.75) is 5.03 Å². The zero-order valence-electron chi connectivity index (χ0n) is 17.8. The first-order valence-electron chi connectivity index (χ1n) is 10.6. The second kappa shape index (κ2) is 9.29. The van der Waals surface area contributed by atoms with E-state index in [4.69, 9.17) is 4.98 Å². The van der Waals surface area contributed by atoms with Crippen LogP contribution in [0, 0.1) is 0 Å². The van der Waals surface area contributed by atoms with Crippen molar-refractivity contribution in [3.8, 4) is 11.3 Å². The molecule has 0 saturated heterocycles. The largest absolute Gasteiger partial charge is 0.241 e. The van der Waals surface area contributed by atoms with Crippen LogP contribution in [0.5, 0.6) is 0 Å². The van der Waals surface area contributed by atoms with Gasteiger partial charge in [-0.1, -0.05) is 91.0 Å². The lowest BCUT2D eigenvalue weighted by Crippen LogP contribution is -2.74. The zero-order valence-corrected chi connectivity index (χ0v) is 20.4. The van der Waals surface area contributed by atoms with Crippen molar-refractivity contribution in [1.82, 2.24) is 4.98 Å². The highest BCUT2D eigenvalue weighted by Crippen LogP contribution is 2.23. The molecule has 156 valence electrons. The van der Waals surface area contributed by atoms with Gasteiger partial charge >= 0.3 is 0 Å². The molecular weight excluding hydrogens is 443 g/mol. The molecule has 0 saturated carbocycles. The Morgan fingerprint density at radius 1 is 0.656 bits per heavy atom. The Balaban J connectivity index is 1.90. The molecule has 32 heavy (non-hydrogen) atoms. The third kappa shape index (κ3) is 3.75. The highest BCUT2D eigenvalue weighted by Gasteiger charge is 2.41. The lowest BCUT2D eigenvalue weighted by Gasteiger charge is -2.34. The van der Waals surface area contributed by atoms with Crippen molar-refractivity contribution in [3.63, 3.8) is 0 Å². The summed E-state index contributed by atoms with van der Waals surface area (Å²) in [4.78, 5) is 4.98. The smallest absolute Gasteiger partial charge is 0.179 e. The summed E-state index contributed by atoms with van der Waals surface area (Å²) in [6.07, 6.45) is 2.11. The van der Waals surface area contributed by atoms with E-state index in [0.717, 1.165) is 10.7 Å². The number of hydrogen-bond acceptors (Lipinski definition) is 3. The van der Waals surface area contributed by atoms with Crippen LogP contribution in [0.4, 0.5) is 0 Å². The van der Waals surface area contributed by atoms with E-state index in [1.165, 1.54) is 26.3 Å². The van der Waals surface area contributed by atoms with Gasteiger partial charge in [0, 0.05) is 10.9 Å². The molecule has 3 aromatic carbocycles. The van der Waals surface area contributed by atoms with E-state index in [2.05, 4.69) is 126 Å². The van der Waals surface area contributed by atoms with Crippen LogP contribution in [0.2, 0.25) is 0 Å². The van der Waals surface area contributed by atoms with Crippen LogP contribution >= 0.6 is 23.1 Å². The highest BCUT2D eigenvalue weighted by molar-refractivity contribution is 7.98. The average Bonchev–Trinajstić information content (AvgIpc) is 3.42. The summed E-state index contributed by atoms with van der Waals surface area (Å²) in [7, 11) is -2.54. The molecule has 0 unspecified atom stereocenters. The average molecular weight is 466 g/mol. The van der Waals surface area contributed by atoms with Gasteiger partial charge in [-0.25, -0.2) is 4.98 Å². The Hall–Kier alpha value is -2.92. The Bertz CT molecular complexity index is 1190. The van der Waals surface area contributed by atoms with Crippen LogP contribution in [0.3, 0.4) is 0 Å². The van der Waals surface area contributed by atoms with Crippen molar-refractivity contribution >= 4 is 51.9 Å². The lowest BCUT2D eigenvalue weighted by molar-refractivity contribution is 1.15. The number of nitrogens with zero attached hydrogens (tertiary/aromatic N) is 1. The van der Waals surface area contributed by atoms with Gasteiger partial charge in [0.2, 0.25) is 0 Å². The maximum Gasteiger partial charge on any atom is 0.179 e. The minimum Gasteiger partial charge on any atom is -0.241 e. The Labute approximate surface area is 198 Å². The molecule has 5 rings (SSSR count). The van der Waals surface area contributed by atoms with Gasteiger partial charge in [0.1, 0.15) is 0 Å². The van der Waals surface area contributed by atoms with Gasteiger partial charge in [0.05, 0.1) is 10.7 Å². The van der Waals surface area contributed by atoms with Crippen molar-refractivity contribution in [1.29, 1.82) is 0 Å². The third-order valence-corrected chi connectivity index (χ3v) is 11.9. The van der Waals surface area contributed by atoms with Crippen LogP contribution in [0.15, 0.2) is 125 Å². The molecular formula is C28H23NS2Si. The van der Waals surface area contributed by atoms with Gasteiger partial charge < -0.3 is 0 Å². The molecule has 0 spiro atoms. The lowest BCUT2D eigenvalue weighted by atomic mass is 10.2. The minimum absolute atomic E-state index is 1.05. The van der Waals surface area contributed by atoms with E-state index >= 15 is 0 Å². The first-order valence-corrected chi connectivity index (χ1v) is 14.7. The third-order valence-electron chi connectivity index (χ3n) is 5.88. The topological polar surface area (TPSA) is 12.9 Å². The van der Waals surface area contributed by atoms with Crippen LogP contribution in [-0.4, -0.2) is 19.3 Å². The monoisotopic (exact) mass is 465 g/mol. The second-order valence-corrected chi connectivity index (χ2v) is 13.1. The van der Waals surface area contributed by atoms with Gasteiger partial charge in [-0.3, -0.25) is 0 Å². The van der Waals surface area contributed by atoms with E-state index in [1.54, 1.807) is 23.1 Å². The summed E-state index contributed by atoms with van der Waals surface area (Å²) >= 11 is 3.43. The maximum absolute atomic E-state index is 4.98. The zero-order chi connectivity index (χ0) is 21.8. The number of aromatic nitrogens is 1. The molecule has 0 N–H and O–H groups in total. The molecule has 0 aliphatic rings. The van der Waals surface area contributed by atoms with Crippen molar-refractivity contribution in [3.05, 3.63) is 120 Å². The normalized spacial score (nSPS) is 11.4. The second-order valence-electron chi connectivity index (χ2n) is 7.64. The summed E-state index contributed by atoms with van der Waals surface area (Å²) in [5.74, 6) is 0. The Kier molecular flexibility index (Phi) is 6.08. The number of pyridine rings is 1. The van der Waals surface area contributed by atoms with E-state index in [9.17, 15) is 0 Å². The summed E-state index contributed by atoms with van der Waals surface area (Å²) in [6.45, 7) is 0. The molecule has 4 heteroatoms. The molecule has 0 atom stereocenters. The van der Waals surface area contributed by atoms with Crippen LogP contribution < -0.4 is 20.7 Å². The van der Waals surface area contributed by atoms with Gasteiger partial charge in [0.25, 0.3) is 0 Å². The molecule has 0 amide bonds. The summed E-state index contributed by atoms with van der Waals surface area (Å²) < 4.78 is 0. The van der Waals surface area contributed by atoms with Gasteiger partial charge in [-0.15, -0.1) is 11.8 Å². The molecule has 2 heterocycles.